The zero-order valence-corrected chi connectivity index (χ0v) is 11.9. The zero-order chi connectivity index (χ0) is 15.0. The first-order valence-corrected chi connectivity index (χ1v) is 6.75. The van der Waals surface area contributed by atoms with E-state index in [1.807, 2.05) is 30.3 Å². The molecule has 0 saturated carbocycles. The number of hydrogen-bond donors (Lipinski definition) is 1. The van der Waals surface area contributed by atoms with Gasteiger partial charge in [0.1, 0.15) is 11.5 Å². The van der Waals surface area contributed by atoms with Crippen LogP contribution in [0.5, 0.6) is 0 Å². The van der Waals surface area contributed by atoms with Crippen LogP contribution in [-0.2, 0) is 16.9 Å². The van der Waals surface area contributed by atoms with Crippen molar-refractivity contribution in [2.75, 3.05) is 0 Å². The Kier molecular flexibility index (Phi) is 3.05. The molecule has 1 fully saturated rings. The van der Waals surface area contributed by atoms with E-state index in [2.05, 4.69) is 5.32 Å². The van der Waals surface area contributed by atoms with Crippen molar-refractivity contribution in [1.29, 1.82) is 0 Å². The lowest BCUT2D eigenvalue weighted by Crippen LogP contribution is -2.40. The molecule has 5 heteroatoms. The Morgan fingerprint density at radius 2 is 1.86 bits per heavy atom. The highest BCUT2D eigenvalue weighted by atomic mass is 16.3. The molecule has 3 amide bonds. The van der Waals surface area contributed by atoms with Crippen LogP contribution in [0.1, 0.15) is 24.0 Å². The molecule has 0 bridgehead atoms. The van der Waals surface area contributed by atoms with Crippen molar-refractivity contribution in [3.05, 3.63) is 59.5 Å². The van der Waals surface area contributed by atoms with Crippen LogP contribution in [0.4, 0.5) is 4.79 Å². The van der Waals surface area contributed by atoms with E-state index in [0.29, 0.717) is 11.5 Å². The van der Waals surface area contributed by atoms with Crippen LogP contribution in [0.15, 0.2) is 46.9 Å². The largest absolute Gasteiger partial charge is 0.463 e. The fourth-order valence-electron chi connectivity index (χ4n) is 2.48. The van der Waals surface area contributed by atoms with Gasteiger partial charge < -0.3 is 9.73 Å². The number of carbonyl (C=O) groups excluding carboxylic acids is 2. The SMILES string of the molecule is Cc1ccc([C@@]2(C)NC(=O)N(Cc3ccccc3)C2=O)o1. The van der Waals surface area contributed by atoms with Crippen LogP contribution in [0.3, 0.4) is 0 Å². The number of furan rings is 1. The number of hydrogen-bond acceptors (Lipinski definition) is 3. The zero-order valence-electron chi connectivity index (χ0n) is 11.9. The summed E-state index contributed by atoms with van der Waals surface area (Å²) in [4.78, 5) is 26.0. The number of benzene rings is 1. The number of nitrogens with zero attached hydrogens (tertiary/aromatic N) is 1. The average molecular weight is 284 g/mol. The molecule has 1 aromatic carbocycles. The first-order valence-electron chi connectivity index (χ1n) is 6.75. The lowest BCUT2D eigenvalue weighted by atomic mass is 9.99. The third kappa shape index (κ3) is 2.20. The van der Waals surface area contributed by atoms with Gasteiger partial charge in [-0.15, -0.1) is 0 Å². The van der Waals surface area contributed by atoms with E-state index in [0.717, 1.165) is 5.56 Å². The van der Waals surface area contributed by atoms with Gasteiger partial charge in [0.25, 0.3) is 5.91 Å². The van der Waals surface area contributed by atoms with E-state index in [-0.39, 0.29) is 12.5 Å². The molecule has 21 heavy (non-hydrogen) atoms. The summed E-state index contributed by atoms with van der Waals surface area (Å²) in [5, 5.41) is 2.72. The van der Waals surface area contributed by atoms with Crippen molar-refractivity contribution >= 4 is 11.9 Å². The van der Waals surface area contributed by atoms with E-state index < -0.39 is 11.6 Å². The van der Waals surface area contributed by atoms with Crippen LogP contribution in [0.2, 0.25) is 0 Å². The molecule has 0 spiro atoms. The molecule has 1 saturated heterocycles. The topological polar surface area (TPSA) is 62.6 Å². The maximum Gasteiger partial charge on any atom is 0.325 e. The monoisotopic (exact) mass is 284 g/mol. The van der Waals surface area contributed by atoms with Gasteiger partial charge in [-0.25, -0.2) is 4.79 Å². The second-order valence-corrected chi connectivity index (χ2v) is 5.34. The Bertz CT molecular complexity index is 693. The van der Waals surface area contributed by atoms with E-state index in [1.54, 1.807) is 26.0 Å². The van der Waals surface area contributed by atoms with E-state index in [1.165, 1.54) is 4.90 Å². The third-order valence-electron chi connectivity index (χ3n) is 3.69. The molecule has 0 radical (unpaired) electrons. The molecule has 1 N–H and O–H groups in total. The highest BCUT2D eigenvalue weighted by molar-refractivity contribution is 6.06. The molecule has 2 heterocycles. The first kappa shape index (κ1) is 13.4. The number of nitrogens with one attached hydrogen (secondary N) is 1. The van der Waals surface area contributed by atoms with Gasteiger partial charge in [-0.1, -0.05) is 30.3 Å². The van der Waals surface area contributed by atoms with Gasteiger partial charge in [-0.05, 0) is 31.5 Å². The summed E-state index contributed by atoms with van der Waals surface area (Å²) >= 11 is 0. The van der Waals surface area contributed by atoms with Crippen molar-refractivity contribution in [3.63, 3.8) is 0 Å². The maximum atomic E-state index is 12.6. The molecule has 5 nitrogen and oxygen atoms in total. The van der Waals surface area contributed by atoms with Gasteiger partial charge in [-0.2, -0.15) is 0 Å². The molecule has 1 aromatic heterocycles. The van der Waals surface area contributed by atoms with Crippen LogP contribution in [0.25, 0.3) is 0 Å². The molecule has 2 aromatic rings. The standard InChI is InChI=1S/C16H16N2O3/c1-11-8-9-13(21-11)16(2)14(19)18(15(20)17-16)10-12-6-4-3-5-7-12/h3-9H,10H2,1-2H3,(H,17,20)/t16-/m1/s1. The maximum absolute atomic E-state index is 12.6. The van der Waals surface area contributed by atoms with Gasteiger partial charge >= 0.3 is 6.03 Å². The van der Waals surface area contributed by atoms with Crippen LogP contribution >= 0.6 is 0 Å². The minimum atomic E-state index is -1.14. The molecular formula is C16H16N2O3. The number of amides is 3. The predicted molar refractivity (Wildman–Crippen MR) is 76.3 cm³/mol. The molecule has 0 aliphatic carbocycles. The van der Waals surface area contributed by atoms with Crippen LogP contribution in [0, 0.1) is 6.92 Å². The Labute approximate surface area is 122 Å². The minimum absolute atomic E-state index is 0.251. The Hall–Kier alpha value is -2.56. The Morgan fingerprint density at radius 1 is 1.14 bits per heavy atom. The Balaban J connectivity index is 1.88. The van der Waals surface area contributed by atoms with E-state index >= 15 is 0 Å². The van der Waals surface area contributed by atoms with Crippen molar-refractivity contribution in [2.24, 2.45) is 0 Å². The lowest BCUT2D eigenvalue weighted by Gasteiger charge is -2.19. The van der Waals surface area contributed by atoms with Gasteiger partial charge in [-0.3, -0.25) is 9.69 Å². The molecule has 1 aliphatic rings. The molecule has 1 aliphatic heterocycles. The highest BCUT2D eigenvalue weighted by Gasteiger charge is 2.50. The summed E-state index contributed by atoms with van der Waals surface area (Å²) in [5.74, 6) is 0.856. The van der Waals surface area contributed by atoms with Crippen LogP contribution in [-0.4, -0.2) is 16.8 Å². The van der Waals surface area contributed by atoms with Crippen LogP contribution < -0.4 is 5.32 Å². The van der Waals surface area contributed by atoms with Crippen molar-refractivity contribution in [1.82, 2.24) is 10.2 Å². The fraction of sp³-hybridized carbons (Fsp3) is 0.250. The minimum Gasteiger partial charge on any atom is -0.463 e. The number of aryl methyl sites for hydroxylation is 1. The lowest BCUT2D eigenvalue weighted by molar-refractivity contribution is -0.132. The summed E-state index contributed by atoms with van der Waals surface area (Å²) in [5.41, 5.74) is -0.235. The van der Waals surface area contributed by atoms with E-state index in [9.17, 15) is 9.59 Å². The fourth-order valence-corrected chi connectivity index (χ4v) is 2.48. The normalized spacial score (nSPS) is 21.7. The van der Waals surface area contributed by atoms with E-state index in [4.69, 9.17) is 4.42 Å². The van der Waals surface area contributed by atoms with Crippen molar-refractivity contribution < 1.29 is 14.0 Å². The third-order valence-corrected chi connectivity index (χ3v) is 3.69. The predicted octanol–water partition coefficient (Wildman–Crippen LogP) is 2.56. The summed E-state index contributed by atoms with van der Waals surface area (Å²) in [6.07, 6.45) is 0. The second kappa shape index (κ2) is 4.77. The number of rotatable bonds is 3. The number of urea groups is 1. The number of carbonyl (C=O) groups is 2. The highest BCUT2D eigenvalue weighted by Crippen LogP contribution is 2.30. The van der Waals surface area contributed by atoms with Gasteiger partial charge in [0, 0.05) is 0 Å². The summed E-state index contributed by atoms with van der Waals surface area (Å²) < 4.78 is 5.53. The smallest absolute Gasteiger partial charge is 0.325 e. The quantitative estimate of drug-likeness (QED) is 0.881. The number of imide groups is 1. The van der Waals surface area contributed by atoms with Gasteiger partial charge in [0.2, 0.25) is 0 Å². The summed E-state index contributed by atoms with van der Waals surface area (Å²) in [6.45, 7) is 3.72. The Morgan fingerprint density at radius 3 is 2.48 bits per heavy atom. The van der Waals surface area contributed by atoms with Gasteiger partial charge in [0.15, 0.2) is 5.54 Å². The molecular weight excluding hydrogens is 268 g/mol. The molecule has 1 atom stereocenters. The van der Waals surface area contributed by atoms with Crippen molar-refractivity contribution in [2.45, 2.75) is 25.9 Å². The molecule has 3 rings (SSSR count). The summed E-state index contributed by atoms with van der Waals surface area (Å²) in [6, 6.07) is 12.5. The van der Waals surface area contributed by atoms with Crippen molar-refractivity contribution in [3.8, 4) is 0 Å². The molecule has 108 valence electrons. The van der Waals surface area contributed by atoms with Gasteiger partial charge in [0.05, 0.1) is 6.54 Å². The second-order valence-electron chi connectivity index (χ2n) is 5.34. The molecule has 0 unspecified atom stereocenters. The average Bonchev–Trinajstić information content (AvgIpc) is 2.99. The summed E-state index contributed by atoms with van der Waals surface area (Å²) in [7, 11) is 0. The first-order chi connectivity index (χ1) is 10.0.